The van der Waals surface area contributed by atoms with E-state index in [0.717, 1.165) is 5.39 Å². The van der Waals surface area contributed by atoms with Gasteiger partial charge in [-0.3, -0.25) is 14.5 Å². The van der Waals surface area contributed by atoms with Gasteiger partial charge in [0, 0.05) is 12.8 Å². The highest BCUT2D eigenvalue weighted by Crippen LogP contribution is 2.29. The van der Waals surface area contributed by atoms with Crippen LogP contribution in [0.1, 0.15) is 24.4 Å². The molecule has 32 heavy (non-hydrogen) atoms. The molecular formula is C23H20N2O6S. The number of carbonyl (C=O) groups excluding carboxylic acids is 2. The van der Waals surface area contributed by atoms with E-state index in [4.69, 9.17) is 0 Å². The SMILES string of the molecule is O=C(O)C(C(NS(=O)(=O)c1ccc2ccccc2c1)c1ccccc1)N1C(=O)CCC1=O. The Hall–Kier alpha value is -3.56. The van der Waals surface area contributed by atoms with Crippen LogP contribution in [0.2, 0.25) is 0 Å². The van der Waals surface area contributed by atoms with Gasteiger partial charge in [-0.1, -0.05) is 60.7 Å². The standard InChI is InChI=1S/C23H20N2O6S/c26-19-12-13-20(27)25(19)22(23(28)29)21(16-7-2-1-3-8-16)24-32(30,31)18-11-10-15-6-4-5-9-17(15)14-18/h1-11,14,21-22,24H,12-13H2,(H,28,29). The Labute approximate surface area is 184 Å². The van der Waals surface area contributed by atoms with Crippen molar-refractivity contribution >= 4 is 38.6 Å². The number of rotatable bonds is 7. The first-order chi connectivity index (χ1) is 15.3. The number of nitrogens with zero attached hydrogens (tertiary/aromatic N) is 1. The molecule has 8 nitrogen and oxygen atoms in total. The Morgan fingerprint density at radius 2 is 1.47 bits per heavy atom. The largest absolute Gasteiger partial charge is 0.480 e. The predicted octanol–water partition coefficient (Wildman–Crippen LogP) is 2.46. The second kappa shape index (κ2) is 8.52. The van der Waals surface area contributed by atoms with Crippen LogP contribution in [0.5, 0.6) is 0 Å². The molecule has 0 aromatic heterocycles. The topological polar surface area (TPSA) is 121 Å². The number of imide groups is 1. The van der Waals surface area contributed by atoms with Crippen LogP contribution in [0.4, 0.5) is 0 Å². The van der Waals surface area contributed by atoms with Crippen molar-refractivity contribution in [1.82, 2.24) is 9.62 Å². The number of fused-ring (bicyclic) bond motifs is 1. The lowest BCUT2D eigenvalue weighted by molar-refractivity contribution is -0.155. The Morgan fingerprint density at radius 3 is 2.09 bits per heavy atom. The molecule has 0 spiro atoms. The number of carbonyl (C=O) groups is 3. The van der Waals surface area contributed by atoms with Crippen molar-refractivity contribution in [3.05, 3.63) is 78.4 Å². The summed E-state index contributed by atoms with van der Waals surface area (Å²) in [5.74, 6) is -2.77. The Bertz CT molecular complexity index is 1290. The molecule has 2 unspecified atom stereocenters. The maximum absolute atomic E-state index is 13.3. The van der Waals surface area contributed by atoms with Gasteiger partial charge in [-0.2, -0.15) is 0 Å². The molecule has 1 fully saturated rings. The molecule has 0 saturated carbocycles. The van der Waals surface area contributed by atoms with Crippen molar-refractivity contribution in [2.45, 2.75) is 29.8 Å². The van der Waals surface area contributed by atoms with Gasteiger partial charge in [-0.25, -0.2) is 17.9 Å². The lowest BCUT2D eigenvalue weighted by Gasteiger charge is -2.31. The van der Waals surface area contributed by atoms with Crippen molar-refractivity contribution in [2.24, 2.45) is 0 Å². The molecule has 0 bridgehead atoms. The van der Waals surface area contributed by atoms with Gasteiger partial charge in [-0.05, 0) is 28.5 Å². The molecule has 3 aromatic rings. The quantitative estimate of drug-likeness (QED) is 0.531. The summed E-state index contributed by atoms with van der Waals surface area (Å²) in [5, 5.41) is 11.5. The number of hydrogen-bond acceptors (Lipinski definition) is 5. The Balaban J connectivity index is 1.78. The highest BCUT2D eigenvalue weighted by molar-refractivity contribution is 7.89. The molecule has 3 aromatic carbocycles. The number of carboxylic acid groups (broad SMARTS) is 1. The monoisotopic (exact) mass is 452 g/mol. The number of sulfonamides is 1. The highest BCUT2D eigenvalue weighted by atomic mass is 32.2. The summed E-state index contributed by atoms with van der Waals surface area (Å²) in [6.45, 7) is 0. The minimum atomic E-state index is -4.20. The highest BCUT2D eigenvalue weighted by Gasteiger charge is 2.45. The second-order valence-electron chi connectivity index (χ2n) is 7.46. The minimum absolute atomic E-state index is 0.0552. The number of carboxylic acids is 1. The number of nitrogens with one attached hydrogen (secondary N) is 1. The molecule has 4 rings (SSSR count). The fourth-order valence-electron chi connectivity index (χ4n) is 3.85. The van der Waals surface area contributed by atoms with Crippen LogP contribution < -0.4 is 4.72 Å². The van der Waals surface area contributed by atoms with Crippen LogP contribution in [-0.2, 0) is 24.4 Å². The van der Waals surface area contributed by atoms with Crippen LogP contribution >= 0.6 is 0 Å². The van der Waals surface area contributed by atoms with Gasteiger partial charge in [-0.15, -0.1) is 0 Å². The molecule has 0 radical (unpaired) electrons. The average molecular weight is 452 g/mol. The van der Waals surface area contributed by atoms with E-state index in [1.54, 1.807) is 48.5 Å². The van der Waals surface area contributed by atoms with Crippen LogP contribution in [0.25, 0.3) is 10.8 Å². The van der Waals surface area contributed by atoms with Gasteiger partial charge < -0.3 is 5.11 Å². The van der Waals surface area contributed by atoms with Gasteiger partial charge in [0.1, 0.15) is 0 Å². The van der Waals surface area contributed by atoms with Gasteiger partial charge in [0.05, 0.1) is 10.9 Å². The predicted molar refractivity (Wildman–Crippen MR) is 116 cm³/mol. The normalized spacial score (nSPS) is 16.3. The zero-order valence-corrected chi connectivity index (χ0v) is 17.7. The third-order valence-electron chi connectivity index (χ3n) is 5.41. The fourth-order valence-corrected chi connectivity index (χ4v) is 5.12. The van der Waals surface area contributed by atoms with Gasteiger partial charge >= 0.3 is 5.97 Å². The molecule has 2 N–H and O–H groups in total. The number of aliphatic carboxylic acids is 1. The van der Waals surface area contributed by atoms with Crippen LogP contribution in [0.3, 0.4) is 0 Å². The number of hydrogen-bond donors (Lipinski definition) is 2. The number of likely N-dealkylation sites (tertiary alicyclic amines) is 1. The molecule has 1 saturated heterocycles. The lowest BCUT2D eigenvalue weighted by Crippen LogP contribution is -2.52. The van der Waals surface area contributed by atoms with E-state index in [9.17, 15) is 27.9 Å². The molecule has 164 valence electrons. The summed E-state index contributed by atoms with van der Waals surface area (Å²) in [5.41, 5.74) is 0.316. The lowest BCUT2D eigenvalue weighted by atomic mass is 9.99. The van der Waals surface area contributed by atoms with Crippen molar-refractivity contribution in [2.75, 3.05) is 0 Å². The van der Waals surface area contributed by atoms with Gasteiger partial charge in [0.25, 0.3) is 0 Å². The zero-order chi connectivity index (χ0) is 22.9. The van der Waals surface area contributed by atoms with Crippen molar-refractivity contribution in [3.8, 4) is 0 Å². The van der Waals surface area contributed by atoms with Crippen molar-refractivity contribution in [3.63, 3.8) is 0 Å². The van der Waals surface area contributed by atoms with E-state index in [1.165, 1.54) is 12.1 Å². The molecule has 1 aliphatic rings. The summed E-state index contributed by atoms with van der Waals surface area (Å²) in [7, 11) is -4.20. The molecular weight excluding hydrogens is 432 g/mol. The average Bonchev–Trinajstić information content (AvgIpc) is 3.11. The summed E-state index contributed by atoms with van der Waals surface area (Å²) < 4.78 is 29.0. The van der Waals surface area contributed by atoms with E-state index in [2.05, 4.69) is 4.72 Å². The Kier molecular flexibility index (Phi) is 5.77. The van der Waals surface area contributed by atoms with E-state index >= 15 is 0 Å². The smallest absolute Gasteiger partial charge is 0.328 e. The fraction of sp³-hybridized carbons (Fsp3) is 0.174. The van der Waals surface area contributed by atoms with Crippen LogP contribution in [0.15, 0.2) is 77.7 Å². The number of amides is 2. The van der Waals surface area contributed by atoms with E-state index < -0.39 is 39.9 Å². The summed E-state index contributed by atoms with van der Waals surface area (Å²) in [6, 6.07) is 16.7. The third kappa shape index (κ3) is 4.12. The van der Waals surface area contributed by atoms with Crippen LogP contribution in [0, 0.1) is 0 Å². The minimum Gasteiger partial charge on any atom is -0.480 e. The van der Waals surface area contributed by atoms with E-state index in [1.807, 2.05) is 12.1 Å². The first-order valence-electron chi connectivity index (χ1n) is 9.92. The molecule has 1 heterocycles. The first-order valence-corrected chi connectivity index (χ1v) is 11.4. The molecule has 2 amide bonds. The zero-order valence-electron chi connectivity index (χ0n) is 16.8. The second-order valence-corrected chi connectivity index (χ2v) is 9.17. The maximum atomic E-state index is 13.3. The summed E-state index contributed by atoms with van der Waals surface area (Å²) >= 11 is 0. The molecule has 2 atom stereocenters. The summed E-state index contributed by atoms with van der Waals surface area (Å²) in [4.78, 5) is 37.4. The molecule has 9 heteroatoms. The van der Waals surface area contributed by atoms with E-state index in [-0.39, 0.29) is 17.7 Å². The number of benzene rings is 3. The third-order valence-corrected chi connectivity index (χ3v) is 6.85. The van der Waals surface area contributed by atoms with Crippen LogP contribution in [-0.4, -0.2) is 42.2 Å². The van der Waals surface area contributed by atoms with Gasteiger partial charge in [0.2, 0.25) is 21.8 Å². The van der Waals surface area contributed by atoms with Gasteiger partial charge in [0.15, 0.2) is 6.04 Å². The Morgan fingerprint density at radius 1 is 0.875 bits per heavy atom. The first kappa shape index (κ1) is 21.7. The van der Waals surface area contributed by atoms with E-state index in [0.29, 0.717) is 15.8 Å². The molecule has 1 aliphatic heterocycles. The van der Waals surface area contributed by atoms with Crippen molar-refractivity contribution < 1.29 is 27.9 Å². The van der Waals surface area contributed by atoms with Crippen molar-refractivity contribution in [1.29, 1.82) is 0 Å². The molecule has 0 aliphatic carbocycles. The summed E-state index contributed by atoms with van der Waals surface area (Å²) in [6.07, 6.45) is -0.219. The maximum Gasteiger partial charge on any atom is 0.328 e.